The van der Waals surface area contributed by atoms with Crippen molar-refractivity contribution in [2.75, 3.05) is 38.1 Å². The van der Waals surface area contributed by atoms with Crippen molar-refractivity contribution >= 4 is 17.5 Å². The first-order valence-corrected chi connectivity index (χ1v) is 12.5. The standard InChI is InChI=1S/C28H37N3O3/c1-21-9-6-14-26(22(21)2)29-27(32)20-31(19-25-13-8-16-34-25)28(33)24-12-7-15-30(18-24)17-23-10-4-3-5-11-23/h3-6,9-11,14,24-25H,7-8,12-13,15-20H2,1-2H3,(H,29,32). The van der Waals surface area contributed by atoms with Crippen molar-refractivity contribution in [3.05, 3.63) is 65.2 Å². The number of carbonyl (C=O) groups is 2. The molecule has 4 rings (SSSR count). The molecule has 6 nitrogen and oxygen atoms in total. The minimum absolute atomic E-state index is 0.0152. The van der Waals surface area contributed by atoms with Crippen LogP contribution < -0.4 is 5.32 Å². The van der Waals surface area contributed by atoms with E-state index in [-0.39, 0.29) is 30.4 Å². The average molecular weight is 464 g/mol. The van der Waals surface area contributed by atoms with Crippen LogP contribution in [0.15, 0.2) is 48.5 Å². The SMILES string of the molecule is Cc1cccc(NC(=O)CN(CC2CCCO2)C(=O)C2CCCN(Cc3ccccc3)C2)c1C. The molecule has 2 saturated heterocycles. The third-order valence-corrected chi connectivity index (χ3v) is 7.08. The number of likely N-dealkylation sites (tertiary alicyclic amines) is 1. The number of aryl methyl sites for hydroxylation is 1. The van der Waals surface area contributed by atoms with Crippen molar-refractivity contribution in [2.24, 2.45) is 5.92 Å². The van der Waals surface area contributed by atoms with Crippen molar-refractivity contribution in [1.29, 1.82) is 0 Å². The Kier molecular flexibility index (Phi) is 8.35. The summed E-state index contributed by atoms with van der Waals surface area (Å²) >= 11 is 0. The molecule has 0 aromatic heterocycles. The highest BCUT2D eigenvalue weighted by Gasteiger charge is 2.32. The molecule has 2 fully saturated rings. The number of nitrogens with zero attached hydrogens (tertiary/aromatic N) is 2. The molecule has 0 radical (unpaired) electrons. The summed E-state index contributed by atoms with van der Waals surface area (Å²) in [5.74, 6) is -0.172. The lowest BCUT2D eigenvalue weighted by atomic mass is 9.95. The fourth-order valence-electron chi connectivity index (χ4n) is 5.02. The zero-order chi connectivity index (χ0) is 23.9. The maximum atomic E-state index is 13.7. The zero-order valence-electron chi connectivity index (χ0n) is 20.5. The van der Waals surface area contributed by atoms with E-state index < -0.39 is 0 Å². The molecule has 2 atom stereocenters. The Hall–Kier alpha value is -2.70. The topological polar surface area (TPSA) is 61.9 Å². The van der Waals surface area contributed by atoms with E-state index in [1.807, 2.05) is 38.1 Å². The van der Waals surface area contributed by atoms with Crippen LogP contribution in [0.1, 0.15) is 42.4 Å². The molecule has 2 unspecified atom stereocenters. The smallest absolute Gasteiger partial charge is 0.244 e. The molecule has 2 aliphatic heterocycles. The van der Waals surface area contributed by atoms with Gasteiger partial charge in [-0.15, -0.1) is 0 Å². The Bertz CT molecular complexity index is 972. The molecule has 2 amide bonds. The summed E-state index contributed by atoms with van der Waals surface area (Å²) in [5.41, 5.74) is 4.25. The highest BCUT2D eigenvalue weighted by atomic mass is 16.5. The molecule has 6 heteroatoms. The second kappa shape index (κ2) is 11.6. The van der Waals surface area contributed by atoms with Crippen LogP contribution in [-0.4, -0.2) is 60.5 Å². The number of piperidine rings is 1. The van der Waals surface area contributed by atoms with Crippen molar-refractivity contribution < 1.29 is 14.3 Å². The highest BCUT2D eigenvalue weighted by molar-refractivity contribution is 5.95. The molecule has 2 aromatic carbocycles. The number of benzene rings is 2. The van der Waals surface area contributed by atoms with Crippen LogP contribution in [0.5, 0.6) is 0 Å². The van der Waals surface area contributed by atoms with Crippen LogP contribution in [0.3, 0.4) is 0 Å². The maximum absolute atomic E-state index is 13.7. The van der Waals surface area contributed by atoms with Crippen LogP contribution in [0.2, 0.25) is 0 Å². The largest absolute Gasteiger partial charge is 0.376 e. The zero-order valence-corrected chi connectivity index (χ0v) is 20.5. The second-order valence-corrected chi connectivity index (χ2v) is 9.71. The molecule has 0 aliphatic carbocycles. The van der Waals surface area contributed by atoms with Gasteiger partial charge in [-0.2, -0.15) is 0 Å². The molecule has 2 heterocycles. The van der Waals surface area contributed by atoms with Crippen LogP contribution >= 0.6 is 0 Å². The summed E-state index contributed by atoms with van der Waals surface area (Å²) in [5, 5.41) is 3.02. The van der Waals surface area contributed by atoms with E-state index in [1.54, 1.807) is 4.90 Å². The molecule has 1 N–H and O–H groups in total. The number of nitrogens with one attached hydrogen (secondary N) is 1. The molecule has 0 saturated carbocycles. The van der Waals surface area contributed by atoms with E-state index in [2.05, 4.69) is 34.5 Å². The third-order valence-electron chi connectivity index (χ3n) is 7.08. The van der Waals surface area contributed by atoms with Gasteiger partial charge >= 0.3 is 0 Å². The van der Waals surface area contributed by atoms with E-state index in [4.69, 9.17) is 4.74 Å². The summed E-state index contributed by atoms with van der Waals surface area (Å²) in [6, 6.07) is 16.3. The number of ether oxygens (including phenoxy) is 1. The molecule has 0 bridgehead atoms. The highest BCUT2D eigenvalue weighted by Crippen LogP contribution is 2.23. The van der Waals surface area contributed by atoms with Gasteiger partial charge in [-0.25, -0.2) is 0 Å². The molecule has 0 spiro atoms. The normalized spacial score (nSPS) is 20.8. The predicted molar refractivity (Wildman–Crippen MR) is 135 cm³/mol. The Morgan fingerprint density at radius 3 is 2.65 bits per heavy atom. The van der Waals surface area contributed by atoms with Gasteiger partial charge in [0.1, 0.15) is 0 Å². The van der Waals surface area contributed by atoms with Gasteiger partial charge in [0.15, 0.2) is 0 Å². The van der Waals surface area contributed by atoms with Crippen molar-refractivity contribution in [1.82, 2.24) is 9.80 Å². The summed E-state index contributed by atoms with van der Waals surface area (Å²) in [4.78, 5) is 30.8. The minimum Gasteiger partial charge on any atom is -0.376 e. The lowest BCUT2D eigenvalue weighted by Gasteiger charge is -2.35. The van der Waals surface area contributed by atoms with Crippen molar-refractivity contribution in [3.8, 4) is 0 Å². The van der Waals surface area contributed by atoms with E-state index in [9.17, 15) is 9.59 Å². The van der Waals surface area contributed by atoms with Gasteiger partial charge in [0.05, 0.1) is 18.6 Å². The first-order chi connectivity index (χ1) is 16.5. The number of carbonyl (C=O) groups excluding carboxylic acids is 2. The van der Waals surface area contributed by atoms with Crippen LogP contribution in [0.25, 0.3) is 0 Å². The van der Waals surface area contributed by atoms with Gasteiger partial charge in [-0.1, -0.05) is 42.5 Å². The molecule has 182 valence electrons. The van der Waals surface area contributed by atoms with Crippen LogP contribution in [-0.2, 0) is 20.9 Å². The number of anilines is 1. The van der Waals surface area contributed by atoms with Crippen LogP contribution in [0.4, 0.5) is 5.69 Å². The Labute approximate surface area is 203 Å². The quantitative estimate of drug-likeness (QED) is 0.639. The van der Waals surface area contributed by atoms with E-state index in [1.165, 1.54) is 5.56 Å². The summed E-state index contributed by atoms with van der Waals surface area (Å²) < 4.78 is 5.82. The van der Waals surface area contributed by atoms with Gasteiger partial charge in [0, 0.05) is 31.9 Å². The van der Waals surface area contributed by atoms with Gasteiger partial charge < -0.3 is 15.0 Å². The fourth-order valence-corrected chi connectivity index (χ4v) is 5.02. The number of hydrogen-bond donors (Lipinski definition) is 1. The molecule has 2 aliphatic rings. The number of amides is 2. The third kappa shape index (κ3) is 6.45. The van der Waals surface area contributed by atoms with E-state index in [0.717, 1.165) is 68.7 Å². The minimum atomic E-state index is -0.156. The second-order valence-electron chi connectivity index (χ2n) is 9.71. The Morgan fingerprint density at radius 2 is 1.88 bits per heavy atom. The molecular weight excluding hydrogens is 426 g/mol. The predicted octanol–water partition coefficient (Wildman–Crippen LogP) is 4.16. The summed E-state index contributed by atoms with van der Waals surface area (Å²) in [7, 11) is 0. The van der Waals surface area contributed by atoms with E-state index >= 15 is 0 Å². The number of rotatable bonds is 8. The van der Waals surface area contributed by atoms with Crippen molar-refractivity contribution in [2.45, 2.75) is 52.2 Å². The lowest BCUT2D eigenvalue weighted by molar-refractivity contribution is -0.141. The fraction of sp³-hybridized carbons (Fsp3) is 0.500. The monoisotopic (exact) mass is 463 g/mol. The summed E-state index contributed by atoms with van der Waals surface area (Å²) in [6.45, 7) is 7.88. The van der Waals surface area contributed by atoms with Gasteiger partial charge in [-0.3, -0.25) is 14.5 Å². The van der Waals surface area contributed by atoms with Crippen LogP contribution in [0, 0.1) is 19.8 Å². The first kappa shape index (κ1) is 24.4. The molecule has 34 heavy (non-hydrogen) atoms. The average Bonchev–Trinajstić information content (AvgIpc) is 3.35. The number of hydrogen-bond acceptors (Lipinski definition) is 4. The maximum Gasteiger partial charge on any atom is 0.244 e. The van der Waals surface area contributed by atoms with Gasteiger partial charge in [0.25, 0.3) is 0 Å². The first-order valence-electron chi connectivity index (χ1n) is 12.5. The van der Waals surface area contributed by atoms with Gasteiger partial charge in [-0.05, 0) is 68.8 Å². The Morgan fingerprint density at radius 1 is 1.06 bits per heavy atom. The molecular formula is C28H37N3O3. The lowest BCUT2D eigenvalue weighted by Crippen LogP contribution is -2.49. The Balaban J connectivity index is 1.42. The van der Waals surface area contributed by atoms with Gasteiger partial charge in [0.2, 0.25) is 11.8 Å². The van der Waals surface area contributed by atoms with E-state index in [0.29, 0.717) is 6.54 Å². The summed E-state index contributed by atoms with van der Waals surface area (Å²) in [6.07, 6.45) is 3.82. The van der Waals surface area contributed by atoms with Crippen molar-refractivity contribution in [3.63, 3.8) is 0 Å². The molecule has 2 aromatic rings.